The molecule has 1 aliphatic rings. The average Bonchev–Trinajstić information content (AvgIpc) is 2.47. The molecular weight excluding hydrogens is 335 g/mol. The third-order valence-corrected chi connectivity index (χ3v) is 4.64. The topological polar surface area (TPSA) is 65.5 Å². The highest BCUT2D eigenvalue weighted by Crippen LogP contribution is 2.36. The summed E-state index contributed by atoms with van der Waals surface area (Å²) in [6.07, 6.45) is 0.138. The lowest BCUT2D eigenvalue weighted by atomic mass is 9.73. The van der Waals surface area contributed by atoms with Crippen molar-refractivity contribution in [2.24, 2.45) is 11.3 Å². The summed E-state index contributed by atoms with van der Waals surface area (Å²) >= 11 is 0. The fourth-order valence-electron chi connectivity index (χ4n) is 3.33. The third kappa shape index (κ3) is 5.07. The van der Waals surface area contributed by atoms with Crippen molar-refractivity contribution in [1.82, 2.24) is 15.2 Å². The molecule has 5 nitrogen and oxygen atoms in total. The molecule has 2 atom stereocenters. The monoisotopic (exact) mass is 359 g/mol. The molecule has 1 amide bonds. The number of amides is 1. The molecular formula is C17H24F3N3O2. The lowest BCUT2D eigenvalue weighted by Gasteiger charge is -2.45. The normalized spacial score (nSPS) is 22.6. The SMILES string of the molecule is CC(C)(C)C1CN(CC(F)(F)c2ccc(F)cn2)CCC1NC(=O)O. The minimum Gasteiger partial charge on any atom is -0.465 e. The Bertz CT molecular complexity index is 602. The number of nitrogens with one attached hydrogen (secondary N) is 1. The molecule has 1 aromatic heterocycles. The van der Waals surface area contributed by atoms with Crippen LogP contribution in [0.15, 0.2) is 18.3 Å². The molecule has 8 heteroatoms. The zero-order valence-corrected chi connectivity index (χ0v) is 14.6. The van der Waals surface area contributed by atoms with Crippen LogP contribution in [0.3, 0.4) is 0 Å². The van der Waals surface area contributed by atoms with E-state index in [0.29, 0.717) is 19.5 Å². The van der Waals surface area contributed by atoms with Crippen LogP contribution in [0.25, 0.3) is 0 Å². The molecule has 2 N–H and O–H groups in total. The summed E-state index contributed by atoms with van der Waals surface area (Å²) in [6.45, 7) is 6.09. The lowest BCUT2D eigenvalue weighted by Crippen LogP contribution is -2.56. The molecule has 0 spiro atoms. The Morgan fingerprint density at radius 1 is 1.40 bits per heavy atom. The Balaban J connectivity index is 2.10. The Labute approximate surface area is 145 Å². The second-order valence-corrected chi connectivity index (χ2v) is 7.62. The van der Waals surface area contributed by atoms with Crippen LogP contribution in [0.1, 0.15) is 32.9 Å². The van der Waals surface area contributed by atoms with E-state index >= 15 is 0 Å². The maximum atomic E-state index is 14.5. The van der Waals surface area contributed by atoms with Crippen LogP contribution in [0.4, 0.5) is 18.0 Å². The van der Waals surface area contributed by atoms with Gasteiger partial charge < -0.3 is 10.4 Å². The van der Waals surface area contributed by atoms with Gasteiger partial charge in [-0.15, -0.1) is 0 Å². The van der Waals surface area contributed by atoms with E-state index in [1.807, 2.05) is 20.8 Å². The van der Waals surface area contributed by atoms with Crippen LogP contribution in [0.2, 0.25) is 0 Å². The van der Waals surface area contributed by atoms with Crippen LogP contribution < -0.4 is 5.32 Å². The van der Waals surface area contributed by atoms with Crippen LogP contribution in [-0.2, 0) is 5.92 Å². The van der Waals surface area contributed by atoms with Crippen molar-refractivity contribution in [3.8, 4) is 0 Å². The molecule has 0 aliphatic carbocycles. The smallest absolute Gasteiger partial charge is 0.404 e. The first kappa shape index (κ1) is 19.5. The number of carbonyl (C=O) groups is 1. The summed E-state index contributed by atoms with van der Waals surface area (Å²) in [7, 11) is 0. The first-order valence-corrected chi connectivity index (χ1v) is 8.21. The van der Waals surface area contributed by atoms with Gasteiger partial charge in [-0.2, -0.15) is 8.78 Å². The summed E-state index contributed by atoms with van der Waals surface area (Å²) < 4.78 is 41.8. The van der Waals surface area contributed by atoms with Gasteiger partial charge in [0.2, 0.25) is 0 Å². The van der Waals surface area contributed by atoms with Gasteiger partial charge in [0.05, 0.1) is 12.7 Å². The molecule has 0 saturated carbocycles. The van der Waals surface area contributed by atoms with Gasteiger partial charge in [0, 0.05) is 19.1 Å². The third-order valence-electron chi connectivity index (χ3n) is 4.64. The van der Waals surface area contributed by atoms with Gasteiger partial charge in [-0.25, -0.2) is 9.18 Å². The molecule has 2 rings (SSSR count). The Kier molecular flexibility index (Phi) is 5.61. The van der Waals surface area contributed by atoms with Gasteiger partial charge in [-0.3, -0.25) is 9.88 Å². The predicted molar refractivity (Wildman–Crippen MR) is 87.0 cm³/mol. The maximum absolute atomic E-state index is 14.5. The van der Waals surface area contributed by atoms with E-state index in [0.717, 1.165) is 18.3 Å². The fourth-order valence-corrected chi connectivity index (χ4v) is 3.33. The van der Waals surface area contributed by atoms with Crippen molar-refractivity contribution in [1.29, 1.82) is 0 Å². The van der Waals surface area contributed by atoms with Crippen molar-refractivity contribution in [2.45, 2.75) is 39.2 Å². The molecule has 0 bridgehead atoms. The number of rotatable bonds is 4. The number of likely N-dealkylation sites (tertiary alicyclic amines) is 1. The van der Waals surface area contributed by atoms with Crippen molar-refractivity contribution >= 4 is 6.09 Å². The maximum Gasteiger partial charge on any atom is 0.404 e. The van der Waals surface area contributed by atoms with Gasteiger partial charge >= 0.3 is 12.0 Å². The highest BCUT2D eigenvalue weighted by molar-refractivity contribution is 5.64. The van der Waals surface area contributed by atoms with Crippen LogP contribution in [0.5, 0.6) is 0 Å². The van der Waals surface area contributed by atoms with E-state index in [2.05, 4.69) is 10.3 Å². The Morgan fingerprint density at radius 2 is 2.08 bits per heavy atom. The zero-order valence-electron chi connectivity index (χ0n) is 14.6. The number of aromatic nitrogens is 1. The Morgan fingerprint density at radius 3 is 2.60 bits per heavy atom. The summed E-state index contributed by atoms with van der Waals surface area (Å²) in [5.41, 5.74) is -0.707. The number of alkyl halides is 2. The molecule has 1 aliphatic heterocycles. The number of halogens is 3. The standard InChI is InChI=1S/C17H24F3N3O2/c1-16(2,3)12-9-23(7-6-13(12)22-15(24)25)10-17(19,20)14-5-4-11(18)8-21-14/h4-5,8,12-13,22H,6-7,9-10H2,1-3H3,(H,24,25). The van der Waals surface area contributed by atoms with E-state index in [1.165, 1.54) is 0 Å². The first-order chi connectivity index (χ1) is 11.5. The van der Waals surface area contributed by atoms with E-state index in [9.17, 15) is 18.0 Å². The lowest BCUT2D eigenvalue weighted by molar-refractivity contribution is -0.0597. The number of piperidine rings is 1. The predicted octanol–water partition coefficient (Wildman–Crippen LogP) is 3.32. The molecule has 2 unspecified atom stereocenters. The molecule has 0 aromatic carbocycles. The number of hydrogen-bond acceptors (Lipinski definition) is 3. The minimum absolute atomic E-state index is 0.102. The highest BCUT2D eigenvalue weighted by atomic mass is 19.3. The molecule has 1 fully saturated rings. The molecule has 1 saturated heterocycles. The molecule has 25 heavy (non-hydrogen) atoms. The van der Waals surface area contributed by atoms with Crippen molar-refractivity contribution in [2.75, 3.05) is 19.6 Å². The van der Waals surface area contributed by atoms with E-state index < -0.39 is 30.1 Å². The second kappa shape index (κ2) is 7.19. The zero-order chi connectivity index (χ0) is 18.8. The minimum atomic E-state index is -3.21. The number of carboxylic acid groups (broad SMARTS) is 1. The number of nitrogens with zero attached hydrogens (tertiary/aromatic N) is 2. The van der Waals surface area contributed by atoms with E-state index in [1.54, 1.807) is 4.90 Å². The van der Waals surface area contributed by atoms with Gasteiger partial charge in [-0.05, 0) is 29.9 Å². The van der Waals surface area contributed by atoms with Crippen molar-refractivity contribution < 1.29 is 23.1 Å². The Hall–Kier alpha value is -1.83. The van der Waals surface area contributed by atoms with Crippen LogP contribution in [0, 0.1) is 17.2 Å². The van der Waals surface area contributed by atoms with E-state index in [4.69, 9.17) is 5.11 Å². The van der Waals surface area contributed by atoms with Crippen LogP contribution in [-0.4, -0.2) is 46.8 Å². The molecule has 140 valence electrons. The van der Waals surface area contributed by atoms with Gasteiger partial charge in [0.1, 0.15) is 11.5 Å². The number of hydrogen-bond donors (Lipinski definition) is 2. The summed E-state index contributed by atoms with van der Waals surface area (Å²) in [5.74, 6) is -3.97. The quantitative estimate of drug-likeness (QED) is 0.866. The van der Waals surface area contributed by atoms with Crippen molar-refractivity contribution in [3.63, 3.8) is 0 Å². The largest absolute Gasteiger partial charge is 0.465 e. The van der Waals surface area contributed by atoms with Crippen molar-refractivity contribution in [3.05, 3.63) is 29.8 Å². The molecule has 0 radical (unpaired) electrons. The molecule has 1 aromatic rings. The summed E-state index contributed by atoms with van der Waals surface area (Å²) in [6, 6.07) is 1.69. The van der Waals surface area contributed by atoms with Crippen LogP contribution >= 0.6 is 0 Å². The van der Waals surface area contributed by atoms with Gasteiger partial charge in [0.25, 0.3) is 0 Å². The fraction of sp³-hybridized carbons (Fsp3) is 0.647. The highest BCUT2D eigenvalue weighted by Gasteiger charge is 2.42. The molecule has 2 heterocycles. The first-order valence-electron chi connectivity index (χ1n) is 8.21. The van der Waals surface area contributed by atoms with Gasteiger partial charge in [0.15, 0.2) is 0 Å². The number of pyridine rings is 1. The van der Waals surface area contributed by atoms with Gasteiger partial charge in [-0.1, -0.05) is 20.8 Å². The summed E-state index contributed by atoms with van der Waals surface area (Å²) in [4.78, 5) is 16.1. The average molecular weight is 359 g/mol. The second-order valence-electron chi connectivity index (χ2n) is 7.62. The van der Waals surface area contributed by atoms with E-state index in [-0.39, 0.29) is 17.4 Å². The summed E-state index contributed by atoms with van der Waals surface area (Å²) in [5, 5.41) is 11.5.